The van der Waals surface area contributed by atoms with Gasteiger partial charge >= 0.3 is 5.97 Å². The van der Waals surface area contributed by atoms with E-state index in [4.69, 9.17) is 16.7 Å². The van der Waals surface area contributed by atoms with Crippen molar-refractivity contribution in [2.24, 2.45) is 0 Å². The molecule has 0 unspecified atom stereocenters. The van der Waals surface area contributed by atoms with Crippen LogP contribution in [0.4, 0.5) is 0 Å². The van der Waals surface area contributed by atoms with Crippen LogP contribution in [0.3, 0.4) is 0 Å². The lowest BCUT2D eigenvalue weighted by Crippen LogP contribution is -2.09. The molecule has 1 aromatic carbocycles. The van der Waals surface area contributed by atoms with Gasteiger partial charge in [-0.3, -0.25) is 9.59 Å². The number of benzene rings is 1. The number of rotatable bonds is 3. The first-order chi connectivity index (χ1) is 7.04. The van der Waals surface area contributed by atoms with Crippen molar-refractivity contribution in [3.63, 3.8) is 0 Å². The summed E-state index contributed by atoms with van der Waals surface area (Å²) in [5.41, 5.74) is 0.267. The number of carbonyl (C=O) groups excluding carboxylic acids is 2. The summed E-state index contributed by atoms with van der Waals surface area (Å²) in [5, 5.41) is 9.19. The number of esters is 1. The molecule has 0 radical (unpaired) electrons. The van der Waals surface area contributed by atoms with Crippen molar-refractivity contribution in [3.05, 3.63) is 28.8 Å². The van der Waals surface area contributed by atoms with Gasteiger partial charge in [-0.2, -0.15) is 0 Å². The zero-order chi connectivity index (χ0) is 11.4. The van der Waals surface area contributed by atoms with Crippen LogP contribution in [0.15, 0.2) is 18.2 Å². The topological polar surface area (TPSA) is 63.6 Å². The number of ether oxygens (including phenoxy) is 1. The van der Waals surface area contributed by atoms with Gasteiger partial charge in [0.05, 0.1) is 12.1 Å². The standard InChI is InChI=1S/C10H9ClO4/c1-15-10(14)5-9(13)6-2-3-8(12)7(11)4-6/h2-4,12H,5H2,1H3. The molecule has 1 rings (SSSR count). The first-order valence-corrected chi connectivity index (χ1v) is 4.51. The Morgan fingerprint density at radius 1 is 1.47 bits per heavy atom. The largest absolute Gasteiger partial charge is 0.506 e. The first kappa shape index (κ1) is 11.5. The zero-order valence-electron chi connectivity index (χ0n) is 7.99. The minimum atomic E-state index is -0.607. The molecule has 0 fully saturated rings. The van der Waals surface area contributed by atoms with Gasteiger partial charge in [0.25, 0.3) is 0 Å². The summed E-state index contributed by atoms with van der Waals surface area (Å²) < 4.78 is 4.35. The second-order valence-corrected chi connectivity index (χ2v) is 3.25. The van der Waals surface area contributed by atoms with Crippen LogP contribution >= 0.6 is 11.6 Å². The number of hydrogen-bond donors (Lipinski definition) is 1. The molecule has 5 heteroatoms. The van der Waals surface area contributed by atoms with Crippen LogP contribution in [0.25, 0.3) is 0 Å². The molecule has 0 spiro atoms. The van der Waals surface area contributed by atoms with Crippen LogP contribution in [0.1, 0.15) is 16.8 Å². The maximum atomic E-state index is 11.4. The van der Waals surface area contributed by atoms with Gasteiger partial charge in [-0.25, -0.2) is 0 Å². The predicted molar refractivity (Wildman–Crippen MR) is 54.1 cm³/mol. The van der Waals surface area contributed by atoms with Crippen molar-refractivity contribution in [2.45, 2.75) is 6.42 Å². The Morgan fingerprint density at radius 3 is 2.67 bits per heavy atom. The number of aromatic hydroxyl groups is 1. The Hall–Kier alpha value is -1.55. The third kappa shape index (κ3) is 2.95. The van der Waals surface area contributed by atoms with E-state index < -0.39 is 11.8 Å². The Morgan fingerprint density at radius 2 is 2.13 bits per heavy atom. The second kappa shape index (κ2) is 4.79. The molecule has 0 atom stereocenters. The Bertz CT molecular complexity index is 400. The van der Waals surface area contributed by atoms with E-state index in [0.29, 0.717) is 0 Å². The van der Waals surface area contributed by atoms with Crippen molar-refractivity contribution >= 4 is 23.4 Å². The number of ketones is 1. The molecule has 0 aliphatic carbocycles. The number of Topliss-reactive ketones (excluding diaryl/α,β-unsaturated/α-hetero) is 1. The van der Waals surface area contributed by atoms with Gasteiger partial charge in [-0.1, -0.05) is 11.6 Å². The lowest BCUT2D eigenvalue weighted by molar-refractivity contribution is -0.139. The van der Waals surface area contributed by atoms with Crippen molar-refractivity contribution in [1.29, 1.82) is 0 Å². The molecule has 80 valence electrons. The summed E-state index contributed by atoms with van der Waals surface area (Å²) in [6, 6.07) is 4.00. The molecule has 0 aliphatic heterocycles. The molecule has 0 saturated carbocycles. The quantitative estimate of drug-likeness (QED) is 0.487. The smallest absolute Gasteiger partial charge is 0.313 e. The molecule has 1 aromatic rings. The van der Waals surface area contributed by atoms with Gasteiger partial charge in [0, 0.05) is 5.56 Å². The SMILES string of the molecule is COC(=O)CC(=O)c1ccc(O)c(Cl)c1. The van der Waals surface area contributed by atoms with E-state index in [1.165, 1.54) is 25.3 Å². The molecule has 4 nitrogen and oxygen atoms in total. The summed E-state index contributed by atoms with van der Waals surface area (Å²) in [6.45, 7) is 0. The van der Waals surface area contributed by atoms with Crippen LogP contribution in [-0.2, 0) is 9.53 Å². The molecule has 0 heterocycles. The highest BCUT2D eigenvalue weighted by Crippen LogP contribution is 2.24. The van der Waals surface area contributed by atoms with Gasteiger partial charge in [0.15, 0.2) is 5.78 Å². The summed E-state index contributed by atoms with van der Waals surface area (Å²) in [4.78, 5) is 22.3. The van der Waals surface area contributed by atoms with Gasteiger partial charge < -0.3 is 9.84 Å². The average molecular weight is 229 g/mol. The zero-order valence-corrected chi connectivity index (χ0v) is 8.75. The van der Waals surface area contributed by atoms with Gasteiger partial charge in [0.2, 0.25) is 0 Å². The van der Waals surface area contributed by atoms with Gasteiger partial charge in [-0.15, -0.1) is 0 Å². The molecule has 1 N–H and O–H groups in total. The summed E-state index contributed by atoms with van der Waals surface area (Å²) in [5.74, 6) is -1.11. The summed E-state index contributed by atoms with van der Waals surface area (Å²) >= 11 is 5.61. The van der Waals surface area contributed by atoms with Crippen LogP contribution in [0, 0.1) is 0 Å². The van der Waals surface area contributed by atoms with Crippen LogP contribution < -0.4 is 0 Å². The molecular weight excluding hydrogens is 220 g/mol. The molecule has 0 amide bonds. The Labute approximate surface area is 91.4 Å². The lowest BCUT2D eigenvalue weighted by Gasteiger charge is -2.01. The maximum absolute atomic E-state index is 11.4. The van der Waals surface area contributed by atoms with Gasteiger partial charge in [0.1, 0.15) is 12.2 Å². The predicted octanol–water partition coefficient (Wildman–Crippen LogP) is 1.79. The third-order valence-corrected chi connectivity index (χ3v) is 2.10. The number of methoxy groups -OCH3 is 1. The van der Waals surface area contributed by atoms with E-state index in [0.717, 1.165) is 0 Å². The highest BCUT2D eigenvalue weighted by atomic mass is 35.5. The van der Waals surface area contributed by atoms with Crippen molar-refractivity contribution in [3.8, 4) is 5.75 Å². The number of hydrogen-bond acceptors (Lipinski definition) is 4. The molecule has 0 aromatic heterocycles. The van der Waals surface area contributed by atoms with E-state index >= 15 is 0 Å². The number of phenols is 1. The van der Waals surface area contributed by atoms with E-state index in [1.54, 1.807) is 0 Å². The van der Waals surface area contributed by atoms with E-state index in [2.05, 4.69) is 4.74 Å². The highest BCUT2D eigenvalue weighted by Gasteiger charge is 2.13. The minimum Gasteiger partial charge on any atom is -0.506 e. The fraction of sp³-hybridized carbons (Fsp3) is 0.200. The number of carbonyl (C=O) groups is 2. The fourth-order valence-electron chi connectivity index (χ4n) is 0.986. The lowest BCUT2D eigenvalue weighted by atomic mass is 10.1. The van der Waals surface area contributed by atoms with Crippen molar-refractivity contribution in [1.82, 2.24) is 0 Å². The van der Waals surface area contributed by atoms with Crippen molar-refractivity contribution in [2.75, 3.05) is 7.11 Å². The van der Waals surface area contributed by atoms with Crippen LogP contribution in [0.5, 0.6) is 5.75 Å². The Kier molecular flexibility index (Phi) is 3.68. The number of halogens is 1. The Balaban J connectivity index is 2.83. The molecular formula is C10H9ClO4. The monoisotopic (exact) mass is 228 g/mol. The molecule has 0 bridgehead atoms. The normalized spacial score (nSPS) is 9.73. The average Bonchev–Trinajstić information content (AvgIpc) is 2.21. The van der Waals surface area contributed by atoms with Crippen molar-refractivity contribution < 1.29 is 19.4 Å². The second-order valence-electron chi connectivity index (χ2n) is 2.84. The van der Waals surface area contributed by atoms with E-state index in [1.807, 2.05) is 0 Å². The first-order valence-electron chi connectivity index (χ1n) is 4.13. The van der Waals surface area contributed by atoms with Crippen LogP contribution in [-0.4, -0.2) is 24.0 Å². The summed E-state index contributed by atoms with van der Waals surface area (Å²) in [7, 11) is 1.21. The maximum Gasteiger partial charge on any atom is 0.313 e. The fourth-order valence-corrected chi connectivity index (χ4v) is 1.17. The highest BCUT2D eigenvalue weighted by molar-refractivity contribution is 6.32. The third-order valence-electron chi connectivity index (χ3n) is 1.80. The van der Waals surface area contributed by atoms with E-state index in [-0.39, 0.29) is 22.8 Å². The number of phenolic OH excluding ortho intramolecular Hbond substituents is 1. The van der Waals surface area contributed by atoms with Gasteiger partial charge in [-0.05, 0) is 18.2 Å². The van der Waals surface area contributed by atoms with Crippen LogP contribution in [0.2, 0.25) is 5.02 Å². The molecule has 15 heavy (non-hydrogen) atoms. The molecule has 0 saturated heterocycles. The molecule has 0 aliphatic rings. The minimum absolute atomic E-state index is 0.0747. The summed E-state index contributed by atoms with van der Waals surface area (Å²) in [6.07, 6.45) is -0.336. The van der Waals surface area contributed by atoms with E-state index in [9.17, 15) is 9.59 Å².